The van der Waals surface area contributed by atoms with Gasteiger partial charge in [-0.25, -0.2) is 9.48 Å². The molecule has 0 fully saturated rings. The second-order valence-corrected chi connectivity index (χ2v) is 4.64. The van der Waals surface area contributed by atoms with Gasteiger partial charge in [-0.05, 0) is 24.1 Å². The summed E-state index contributed by atoms with van der Waals surface area (Å²) in [5, 5.41) is 12.9. The fourth-order valence-corrected chi connectivity index (χ4v) is 2.05. The third-order valence-corrected chi connectivity index (χ3v) is 3.30. The van der Waals surface area contributed by atoms with Crippen molar-refractivity contribution < 1.29 is 14.3 Å². The highest BCUT2D eigenvalue weighted by Gasteiger charge is 2.12. The van der Waals surface area contributed by atoms with Gasteiger partial charge in [-0.2, -0.15) is 0 Å². The number of methoxy groups -OCH3 is 2. The Balaban J connectivity index is 2.02. The molecule has 8 heteroatoms. The molecule has 0 saturated heterocycles. The lowest BCUT2D eigenvalue weighted by Crippen LogP contribution is -2.29. The fourth-order valence-electron chi connectivity index (χ4n) is 2.05. The number of rotatable bonds is 5. The Morgan fingerprint density at radius 1 is 1.32 bits per heavy atom. The molecule has 2 aromatic rings. The van der Waals surface area contributed by atoms with Crippen LogP contribution in [-0.4, -0.2) is 35.2 Å². The number of nitrogens with one attached hydrogen (secondary N) is 2. The molecule has 1 aromatic carbocycles. The van der Waals surface area contributed by atoms with Crippen LogP contribution in [0.4, 0.5) is 10.6 Å². The number of anilines is 1. The van der Waals surface area contributed by atoms with E-state index in [-0.39, 0.29) is 6.03 Å². The molecule has 0 aliphatic carbocycles. The number of carbonyl (C=O) groups is 1. The van der Waals surface area contributed by atoms with Crippen molar-refractivity contribution in [2.24, 2.45) is 7.05 Å². The maximum Gasteiger partial charge on any atom is 0.320 e. The smallest absolute Gasteiger partial charge is 0.320 e. The molecule has 0 bridgehead atoms. The topological polar surface area (TPSA) is 90.3 Å². The maximum absolute atomic E-state index is 11.9. The third kappa shape index (κ3) is 3.27. The Morgan fingerprint density at radius 2 is 2.09 bits per heavy atom. The van der Waals surface area contributed by atoms with Crippen LogP contribution in [0.1, 0.15) is 11.1 Å². The van der Waals surface area contributed by atoms with Crippen molar-refractivity contribution in [3.8, 4) is 11.5 Å². The highest BCUT2D eigenvalue weighted by molar-refractivity contribution is 5.88. The van der Waals surface area contributed by atoms with E-state index in [0.717, 1.165) is 11.1 Å². The summed E-state index contributed by atoms with van der Waals surface area (Å²) in [6.45, 7) is 2.28. The Bertz CT molecular complexity index is 668. The second kappa shape index (κ2) is 6.79. The van der Waals surface area contributed by atoms with Gasteiger partial charge in [0.1, 0.15) is 0 Å². The summed E-state index contributed by atoms with van der Waals surface area (Å²) in [4.78, 5) is 11.9. The van der Waals surface area contributed by atoms with E-state index >= 15 is 0 Å². The molecule has 0 saturated carbocycles. The molecule has 8 nitrogen and oxygen atoms in total. The number of aryl methyl sites for hydroxylation is 1. The zero-order valence-electron chi connectivity index (χ0n) is 13.0. The van der Waals surface area contributed by atoms with Crippen molar-refractivity contribution >= 4 is 11.8 Å². The van der Waals surface area contributed by atoms with E-state index in [0.29, 0.717) is 23.9 Å². The molecular weight excluding hydrogens is 286 g/mol. The molecule has 0 aliphatic heterocycles. The lowest BCUT2D eigenvalue weighted by Gasteiger charge is -2.14. The number of hydrogen-bond acceptors (Lipinski definition) is 5. The van der Waals surface area contributed by atoms with Crippen LogP contribution >= 0.6 is 0 Å². The number of ether oxygens (including phenoxy) is 2. The standard InChI is InChI=1S/C14H19N5O3/c1-9-10(5-6-11(21-3)13(9)22-4)7-15-14(20)17-12-8-16-18-19(12)2/h5-6,8H,7H2,1-4H3,(H2,15,17,20). The first kappa shape index (κ1) is 15.6. The largest absolute Gasteiger partial charge is 0.493 e. The number of nitrogens with zero attached hydrogens (tertiary/aromatic N) is 3. The Kier molecular flexibility index (Phi) is 4.82. The van der Waals surface area contributed by atoms with Crippen LogP contribution in [0, 0.1) is 6.92 Å². The predicted molar refractivity (Wildman–Crippen MR) is 81.1 cm³/mol. The molecule has 0 spiro atoms. The van der Waals surface area contributed by atoms with Gasteiger partial charge in [0.05, 0.1) is 20.4 Å². The molecule has 1 heterocycles. The average Bonchev–Trinajstić information content (AvgIpc) is 2.90. The van der Waals surface area contributed by atoms with E-state index in [9.17, 15) is 4.79 Å². The first-order chi connectivity index (χ1) is 10.6. The zero-order chi connectivity index (χ0) is 16.1. The summed E-state index contributed by atoms with van der Waals surface area (Å²) in [6, 6.07) is 3.37. The molecule has 2 N–H and O–H groups in total. The first-order valence-corrected chi connectivity index (χ1v) is 6.66. The quantitative estimate of drug-likeness (QED) is 0.873. The summed E-state index contributed by atoms with van der Waals surface area (Å²) < 4.78 is 12.1. The fraction of sp³-hybridized carbons (Fsp3) is 0.357. The Labute approximate surface area is 128 Å². The van der Waals surface area contributed by atoms with Crippen LogP contribution in [0.15, 0.2) is 18.3 Å². The summed E-state index contributed by atoms with van der Waals surface area (Å²) in [6.07, 6.45) is 1.47. The number of carbonyl (C=O) groups excluding carboxylic acids is 1. The van der Waals surface area contributed by atoms with Gasteiger partial charge >= 0.3 is 6.03 Å². The summed E-state index contributed by atoms with van der Waals surface area (Å²) in [5.41, 5.74) is 1.86. The molecule has 0 atom stereocenters. The Hall–Kier alpha value is -2.77. The summed E-state index contributed by atoms with van der Waals surface area (Å²) in [7, 11) is 4.87. The molecule has 1 aromatic heterocycles. The minimum absolute atomic E-state index is 0.334. The van der Waals surface area contributed by atoms with E-state index < -0.39 is 0 Å². The van der Waals surface area contributed by atoms with Crippen LogP contribution < -0.4 is 20.1 Å². The van der Waals surface area contributed by atoms with Crippen molar-refractivity contribution in [3.05, 3.63) is 29.5 Å². The van der Waals surface area contributed by atoms with Crippen LogP contribution in [-0.2, 0) is 13.6 Å². The van der Waals surface area contributed by atoms with Gasteiger partial charge in [0.2, 0.25) is 0 Å². The van der Waals surface area contributed by atoms with Gasteiger partial charge in [-0.1, -0.05) is 11.3 Å². The molecule has 22 heavy (non-hydrogen) atoms. The van der Waals surface area contributed by atoms with Crippen molar-refractivity contribution in [1.82, 2.24) is 20.3 Å². The lowest BCUT2D eigenvalue weighted by atomic mass is 10.1. The number of amides is 2. The molecule has 2 amide bonds. The Morgan fingerprint density at radius 3 is 2.68 bits per heavy atom. The van der Waals surface area contributed by atoms with E-state index in [4.69, 9.17) is 9.47 Å². The van der Waals surface area contributed by atoms with E-state index in [1.165, 1.54) is 10.9 Å². The zero-order valence-corrected chi connectivity index (χ0v) is 13.0. The lowest BCUT2D eigenvalue weighted by molar-refractivity contribution is 0.251. The van der Waals surface area contributed by atoms with Crippen LogP contribution in [0.2, 0.25) is 0 Å². The monoisotopic (exact) mass is 305 g/mol. The second-order valence-electron chi connectivity index (χ2n) is 4.64. The van der Waals surface area contributed by atoms with Crippen molar-refractivity contribution in [3.63, 3.8) is 0 Å². The molecule has 0 aliphatic rings. The minimum atomic E-state index is -0.334. The van der Waals surface area contributed by atoms with Crippen molar-refractivity contribution in [2.75, 3.05) is 19.5 Å². The minimum Gasteiger partial charge on any atom is -0.493 e. The van der Waals surface area contributed by atoms with Crippen LogP contribution in [0.3, 0.4) is 0 Å². The van der Waals surface area contributed by atoms with Gasteiger partial charge in [0, 0.05) is 13.6 Å². The van der Waals surface area contributed by atoms with Crippen LogP contribution in [0.25, 0.3) is 0 Å². The number of aromatic nitrogens is 3. The number of hydrogen-bond donors (Lipinski definition) is 2. The highest BCUT2D eigenvalue weighted by Crippen LogP contribution is 2.32. The molecule has 0 unspecified atom stereocenters. The van der Waals surface area contributed by atoms with E-state index in [1.807, 2.05) is 19.1 Å². The van der Waals surface area contributed by atoms with Crippen molar-refractivity contribution in [1.29, 1.82) is 0 Å². The van der Waals surface area contributed by atoms with Crippen molar-refractivity contribution in [2.45, 2.75) is 13.5 Å². The van der Waals surface area contributed by atoms with Gasteiger partial charge in [0.15, 0.2) is 17.3 Å². The molecular formula is C14H19N5O3. The number of urea groups is 1. The SMILES string of the molecule is COc1ccc(CNC(=O)Nc2cnnn2C)c(C)c1OC. The number of benzene rings is 1. The van der Waals surface area contributed by atoms with Gasteiger partial charge < -0.3 is 14.8 Å². The summed E-state index contributed by atoms with van der Waals surface area (Å²) in [5.74, 6) is 1.84. The van der Waals surface area contributed by atoms with Crippen LogP contribution in [0.5, 0.6) is 11.5 Å². The molecule has 0 radical (unpaired) electrons. The first-order valence-electron chi connectivity index (χ1n) is 6.66. The van der Waals surface area contributed by atoms with E-state index in [1.54, 1.807) is 21.3 Å². The molecule has 2 rings (SSSR count). The maximum atomic E-state index is 11.9. The third-order valence-electron chi connectivity index (χ3n) is 3.30. The van der Waals surface area contributed by atoms with E-state index in [2.05, 4.69) is 20.9 Å². The highest BCUT2D eigenvalue weighted by atomic mass is 16.5. The van der Waals surface area contributed by atoms with Gasteiger partial charge in [0.25, 0.3) is 0 Å². The predicted octanol–water partition coefficient (Wildman–Crippen LogP) is 1.46. The average molecular weight is 305 g/mol. The normalized spacial score (nSPS) is 10.2. The van der Waals surface area contributed by atoms with Gasteiger partial charge in [-0.3, -0.25) is 5.32 Å². The summed E-state index contributed by atoms with van der Waals surface area (Å²) >= 11 is 0. The van der Waals surface area contributed by atoms with Gasteiger partial charge in [-0.15, -0.1) is 5.10 Å². The molecule has 118 valence electrons.